The van der Waals surface area contributed by atoms with Crippen LogP contribution in [0.4, 0.5) is 11.4 Å². The van der Waals surface area contributed by atoms with Gasteiger partial charge in [-0.2, -0.15) is 0 Å². The summed E-state index contributed by atoms with van der Waals surface area (Å²) in [6.07, 6.45) is 3.82. The van der Waals surface area contributed by atoms with Crippen molar-refractivity contribution in [3.8, 4) is 33.8 Å². The van der Waals surface area contributed by atoms with Gasteiger partial charge < -0.3 is 10.2 Å². The summed E-state index contributed by atoms with van der Waals surface area (Å²) in [5.74, 6) is -0.430. The zero-order valence-electron chi connectivity index (χ0n) is 23.2. The first-order chi connectivity index (χ1) is 20.1. The van der Waals surface area contributed by atoms with Gasteiger partial charge in [0.1, 0.15) is 11.5 Å². The van der Waals surface area contributed by atoms with Crippen LogP contribution in [0.3, 0.4) is 0 Å². The van der Waals surface area contributed by atoms with Crippen LogP contribution in [0.5, 0.6) is 11.5 Å². The van der Waals surface area contributed by atoms with Gasteiger partial charge in [0.05, 0.1) is 22.9 Å². The molecular formula is C32H36N2O6S2. The molecule has 0 saturated heterocycles. The van der Waals surface area contributed by atoms with Crippen LogP contribution in [0, 0.1) is 0 Å². The van der Waals surface area contributed by atoms with Gasteiger partial charge in [-0.25, -0.2) is 16.8 Å². The third-order valence-electron chi connectivity index (χ3n) is 6.81. The predicted molar refractivity (Wildman–Crippen MR) is 170 cm³/mol. The second-order valence-corrected chi connectivity index (χ2v) is 13.8. The predicted octanol–water partition coefficient (Wildman–Crippen LogP) is 6.96. The molecule has 4 rings (SSSR count). The van der Waals surface area contributed by atoms with E-state index in [-0.39, 0.29) is 34.4 Å². The molecule has 0 aliphatic rings. The Morgan fingerprint density at radius 3 is 1.19 bits per heavy atom. The Bertz CT molecular complexity index is 1550. The van der Waals surface area contributed by atoms with Crippen molar-refractivity contribution in [2.45, 2.75) is 38.5 Å². The molecule has 0 atom stereocenters. The summed E-state index contributed by atoms with van der Waals surface area (Å²) in [4.78, 5) is 0. The number of hydrogen-bond donors (Lipinski definition) is 4. The van der Waals surface area contributed by atoms with E-state index < -0.39 is 20.0 Å². The SMILES string of the molecule is O=S(=O)(CCCCCCCCS(=O)(=O)Nc1cc(-c2ccccc2)ccc1O)Nc1cc(-c2ccccc2)ccc1O. The number of rotatable bonds is 15. The van der Waals surface area contributed by atoms with Crippen molar-refractivity contribution in [3.05, 3.63) is 97.1 Å². The van der Waals surface area contributed by atoms with Crippen LogP contribution >= 0.6 is 0 Å². The smallest absolute Gasteiger partial charge is 0.232 e. The average Bonchev–Trinajstić information content (AvgIpc) is 2.97. The fourth-order valence-corrected chi connectivity index (χ4v) is 6.95. The van der Waals surface area contributed by atoms with Gasteiger partial charge in [-0.3, -0.25) is 9.44 Å². The maximum atomic E-state index is 12.6. The summed E-state index contributed by atoms with van der Waals surface area (Å²) < 4.78 is 55.4. The lowest BCUT2D eigenvalue weighted by atomic mass is 10.1. The van der Waals surface area contributed by atoms with Crippen LogP contribution in [0.15, 0.2) is 97.1 Å². The minimum absolute atomic E-state index is 0.0775. The molecule has 8 nitrogen and oxygen atoms in total. The lowest BCUT2D eigenvalue weighted by Crippen LogP contribution is -2.17. The monoisotopic (exact) mass is 608 g/mol. The molecule has 4 aromatic carbocycles. The van der Waals surface area contributed by atoms with Crippen LogP contribution in [0.2, 0.25) is 0 Å². The fraction of sp³-hybridized carbons (Fsp3) is 0.250. The second-order valence-electron chi connectivity index (χ2n) is 10.2. The Kier molecular flexibility index (Phi) is 10.5. The maximum absolute atomic E-state index is 12.6. The lowest BCUT2D eigenvalue weighted by molar-refractivity contribution is 0.477. The molecule has 0 unspecified atom stereocenters. The molecule has 0 aliphatic carbocycles. The second kappa shape index (κ2) is 14.2. The summed E-state index contributed by atoms with van der Waals surface area (Å²) >= 11 is 0. The van der Waals surface area contributed by atoms with E-state index in [4.69, 9.17) is 0 Å². The molecule has 0 fully saturated rings. The average molecular weight is 609 g/mol. The Hall–Kier alpha value is -4.02. The van der Waals surface area contributed by atoms with Gasteiger partial charge in [-0.1, -0.05) is 98.5 Å². The molecular weight excluding hydrogens is 572 g/mol. The number of benzene rings is 4. The highest BCUT2D eigenvalue weighted by molar-refractivity contribution is 7.92. The van der Waals surface area contributed by atoms with Gasteiger partial charge in [-0.05, 0) is 59.4 Å². The lowest BCUT2D eigenvalue weighted by Gasteiger charge is -2.12. The molecule has 10 heteroatoms. The minimum atomic E-state index is -3.65. The van der Waals surface area contributed by atoms with E-state index in [1.54, 1.807) is 24.3 Å². The highest BCUT2D eigenvalue weighted by Crippen LogP contribution is 2.32. The summed E-state index contributed by atoms with van der Waals surface area (Å²) in [5.41, 5.74) is 3.70. The van der Waals surface area contributed by atoms with Crippen LogP contribution in [-0.2, 0) is 20.0 Å². The molecule has 0 radical (unpaired) electrons. The third kappa shape index (κ3) is 9.25. The number of hydrogen-bond acceptors (Lipinski definition) is 6. The molecule has 0 aromatic heterocycles. The highest BCUT2D eigenvalue weighted by atomic mass is 32.2. The summed E-state index contributed by atoms with van der Waals surface area (Å²) in [6, 6.07) is 28.6. The van der Waals surface area contributed by atoms with Gasteiger partial charge in [-0.15, -0.1) is 0 Å². The number of phenolic OH excluding ortho intramolecular Hbond substituents is 2. The van der Waals surface area contributed by atoms with Crippen LogP contribution in [0.25, 0.3) is 22.3 Å². The number of phenols is 2. The molecule has 222 valence electrons. The topological polar surface area (TPSA) is 133 Å². The van der Waals surface area contributed by atoms with Crippen molar-refractivity contribution >= 4 is 31.4 Å². The Morgan fingerprint density at radius 1 is 0.452 bits per heavy atom. The largest absolute Gasteiger partial charge is 0.506 e. The zero-order valence-corrected chi connectivity index (χ0v) is 24.9. The van der Waals surface area contributed by atoms with E-state index in [9.17, 15) is 27.0 Å². The Morgan fingerprint density at radius 2 is 0.810 bits per heavy atom. The quantitative estimate of drug-likeness (QED) is 0.0852. The first-order valence-electron chi connectivity index (χ1n) is 13.9. The Balaban J connectivity index is 1.16. The number of aromatic hydroxyl groups is 2. The van der Waals surface area contributed by atoms with Crippen LogP contribution in [0.1, 0.15) is 38.5 Å². The van der Waals surface area contributed by atoms with E-state index in [0.717, 1.165) is 35.1 Å². The van der Waals surface area contributed by atoms with Gasteiger partial charge in [0.15, 0.2) is 0 Å². The Labute approximate surface area is 248 Å². The van der Waals surface area contributed by atoms with Crippen molar-refractivity contribution in [1.82, 2.24) is 0 Å². The van der Waals surface area contributed by atoms with E-state index in [0.29, 0.717) is 25.7 Å². The molecule has 0 heterocycles. The van der Waals surface area contributed by atoms with Crippen molar-refractivity contribution in [1.29, 1.82) is 0 Å². The van der Waals surface area contributed by atoms with Crippen molar-refractivity contribution in [3.63, 3.8) is 0 Å². The van der Waals surface area contributed by atoms with Crippen molar-refractivity contribution < 1.29 is 27.0 Å². The minimum Gasteiger partial charge on any atom is -0.506 e. The molecule has 0 bridgehead atoms. The number of nitrogens with one attached hydrogen (secondary N) is 2. The molecule has 4 aromatic rings. The summed E-state index contributed by atoms with van der Waals surface area (Å²) in [7, 11) is -7.29. The first kappa shape index (κ1) is 30.9. The highest BCUT2D eigenvalue weighted by Gasteiger charge is 2.15. The molecule has 0 saturated carbocycles. The van der Waals surface area contributed by atoms with E-state index in [2.05, 4.69) is 9.44 Å². The van der Waals surface area contributed by atoms with E-state index >= 15 is 0 Å². The number of anilines is 2. The number of sulfonamides is 2. The van der Waals surface area contributed by atoms with Crippen molar-refractivity contribution in [2.75, 3.05) is 20.9 Å². The third-order valence-corrected chi connectivity index (χ3v) is 9.53. The number of unbranched alkanes of at least 4 members (excludes halogenated alkanes) is 5. The standard InChI is InChI=1S/C32H36N2O6S2/c35-31-19-17-27(25-13-7-5-8-14-25)23-29(31)33-41(37,38)21-11-3-1-2-4-12-22-42(39,40)34-30-24-28(18-20-32(30)36)26-15-9-6-10-16-26/h5-10,13-20,23-24,33-36H,1-4,11-12,21-22H2. The van der Waals surface area contributed by atoms with Crippen molar-refractivity contribution in [2.24, 2.45) is 0 Å². The molecule has 0 spiro atoms. The van der Waals surface area contributed by atoms with E-state index in [1.165, 1.54) is 12.1 Å². The van der Waals surface area contributed by atoms with Gasteiger partial charge in [0.25, 0.3) is 0 Å². The van der Waals surface area contributed by atoms with Gasteiger partial charge >= 0.3 is 0 Å². The first-order valence-corrected chi connectivity index (χ1v) is 17.2. The van der Waals surface area contributed by atoms with Gasteiger partial charge in [0, 0.05) is 0 Å². The van der Waals surface area contributed by atoms with Crippen LogP contribution in [-0.4, -0.2) is 38.6 Å². The summed E-state index contributed by atoms with van der Waals surface area (Å²) in [6.45, 7) is 0. The molecule has 0 amide bonds. The van der Waals surface area contributed by atoms with Gasteiger partial charge in [0.2, 0.25) is 20.0 Å². The molecule has 42 heavy (non-hydrogen) atoms. The zero-order chi connectivity index (χ0) is 30.0. The normalized spacial score (nSPS) is 11.7. The fourth-order valence-electron chi connectivity index (χ4n) is 4.58. The van der Waals surface area contributed by atoms with Crippen LogP contribution < -0.4 is 9.44 Å². The summed E-state index contributed by atoms with van der Waals surface area (Å²) in [5, 5.41) is 20.3. The maximum Gasteiger partial charge on any atom is 0.232 e. The van der Waals surface area contributed by atoms with E-state index in [1.807, 2.05) is 60.7 Å². The molecule has 4 N–H and O–H groups in total. The molecule has 0 aliphatic heterocycles.